The van der Waals surface area contributed by atoms with E-state index in [1.807, 2.05) is 19.9 Å². The van der Waals surface area contributed by atoms with Gasteiger partial charge in [0.05, 0.1) is 24.1 Å². The average Bonchev–Trinajstić information content (AvgIpc) is 2.40. The number of ether oxygens (including phenoxy) is 1. The number of amides is 1. The predicted octanol–water partition coefficient (Wildman–Crippen LogP) is 1.49. The van der Waals surface area contributed by atoms with Gasteiger partial charge in [-0.2, -0.15) is 0 Å². The molecule has 1 amide bonds. The summed E-state index contributed by atoms with van der Waals surface area (Å²) in [6.45, 7) is 5.35. The van der Waals surface area contributed by atoms with Gasteiger partial charge in [0.15, 0.2) is 0 Å². The molecule has 76 valence electrons. The van der Waals surface area contributed by atoms with Crippen molar-refractivity contribution < 1.29 is 9.53 Å². The molecule has 1 fully saturated rings. The first kappa shape index (κ1) is 9.68. The smallest absolute Gasteiger partial charge is 0.261 e. The van der Waals surface area contributed by atoms with E-state index in [2.05, 4.69) is 5.32 Å². The van der Waals surface area contributed by atoms with Gasteiger partial charge >= 0.3 is 0 Å². The number of hydrogen-bond acceptors (Lipinski definition) is 3. The summed E-state index contributed by atoms with van der Waals surface area (Å²) in [6.07, 6.45) is 0. The fraction of sp³-hybridized carbons (Fsp3) is 0.500. The first-order valence-corrected chi connectivity index (χ1v) is 5.44. The highest BCUT2D eigenvalue weighted by atomic mass is 32.1. The van der Waals surface area contributed by atoms with Crippen molar-refractivity contribution in [2.24, 2.45) is 0 Å². The van der Waals surface area contributed by atoms with Crippen molar-refractivity contribution in [2.45, 2.75) is 19.9 Å². The van der Waals surface area contributed by atoms with Gasteiger partial charge in [-0.3, -0.25) is 4.79 Å². The largest absolute Gasteiger partial charge is 0.377 e. The minimum Gasteiger partial charge on any atom is -0.377 e. The van der Waals surface area contributed by atoms with Crippen molar-refractivity contribution >= 4 is 17.2 Å². The van der Waals surface area contributed by atoms with Gasteiger partial charge in [-0.05, 0) is 25.5 Å². The van der Waals surface area contributed by atoms with Crippen molar-refractivity contribution in [1.29, 1.82) is 0 Å². The molecule has 1 aliphatic rings. The first-order chi connectivity index (χ1) is 6.66. The summed E-state index contributed by atoms with van der Waals surface area (Å²) in [5, 5.41) is 2.92. The molecule has 0 aromatic carbocycles. The third kappa shape index (κ3) is 1.81. The topological polar surface area (TPSA) is 38.3 Å². The Balaban J connectivity index is 2.02. The van der Waals surface area contributed by atoms with Gasteiger partial charge in [0.1, 0.15) is 0 Å². The Morgan fingerprint density at radius 1 is 1.57 bits per heavy atom. The third-order valence-corrected chi connectivity index (χ3v) is 3.51. The quantitative estimate of drug-likeness (QED) is 0.805. The molecule has 14 heavy (non-hydrogen) atoms. The standard InChI is InChI=1S/C10H13NO2S/c1-6-3-9(14-7(6)2)10(12)11-8-4-13-5-8/h3,8H,4-5H2,1-2H3,(H,11,12). The third-order valence-electron chi connectivity index (χ3n) is 2.36. The Morgan fingerprint density at radius 3 is 2.71 bits per heavy atom. The molecule has 1 aromatic rings. The Labute approximate surface area is 87.1 Å². The molecule has 0 radical (unpaired) electrons. The molecule has 0 bridgehead atoms. The van der Waals surface area contributed by atoms with Crippen LogP contribution in [0.5, 0.6) is 0 Å². The second-order valence-corrected chi connectivity index (χ2v) is 4.81. The van der Waals surface area contributed by atoms with Gasteiger partial charge in [0, 0.05) is 4.88 Å². The van der Waals surface area contributed by atoms with Crippen molar-refractivity contribution in [1.82, 2.24) is 5.32 Å². The number of carbonyl (C=O) groups excluding carboxylic acids is 1. The van der Waals surface area contributed by atoms with E-state index in [-0.39, 0.29) is 11.9 Å². The van der Waals surface area contributed by atoms with E-state index in [0.29, 0.717) is 13.2 Å². The zero-order chi connectivity index (χ0) is 10.1. The van der Waals surface area contributed by atoms with E-state index < -0.39 is 0 Å². The van der Waals surface area contributed by atoms with Crippen LogP contribution in [0, 0.1) is 13.8 Å². The lowest BCUT2D eigenvalue weighted by molar-refractivity contribution is -0.00339. The number of hydrogen-bond donors (Lipinski definition) is 1. The summed E-state index contributed by atoms with van der Waals surface area (Å²) < 4.78 is 4.99. The Bertz CT molecular complexity index is 336. The van der Waals surface area contributed by atoms with Crippen LogP contribution in [0.3, 0.4) is 0 Å². The lowest BCUT2D eigenvalue weighted by atomic mass is 10.2. The summed E-state index contributed by atoms with van der Waals surface area (Å²) >= 11 is 1.55. The zero-order valence-electron chi connectivity index (χ0n) is 8.29. The highest BCUT2D eigenvalue weighted by molar-refractivity contribution is 7.14. The number of aryl methyl sites for hydroxylation is 2. The number of rotatable bonds is 2. The molecule has 0 unspecified atom stereocenters. The maximum absolute atomic E-state index is 11.7. The molecule has 0 spiro atoms. The van der Waals surface area contributed by atoms with E-state index in [9.17, 15) is 4.79 Å². The van der Waals surface area contributed by atoms with Crippen molar-refractivity contribution in [3.8, 4) is 0 Å². The minimum absolute atomic E-state index is 0.0273. The van der Waals surface area contributed by atoms with Gasteiger partial charge in [-0.15, -0.1) is 11.3 Å². The van der Waals surface area contributed by atoms with E-state index in [1.165, 1.54) is 10.4 Å². The monoisotopic (exact) mass is 211 g/mol. The van der Waals surface area contributed by atoms with E-state index in [1.54, 1.807) is 11.3 Å². The molecule has 0 saturated carbocycles. The molecule has 0 atom stereocenters. The average molecular weight is 211 g/mol. The number of thiophene rings is 1. The molecule has 1 N–H and O–H groups in total. The van der Waals surface area contributed by atoms with Gasteiger partial charge in [0.25, 0.3) is 5.91 Å². The van der Waals surface area contributed by atoms with E-state index in [0.717, 1.165) is 4.88 Å². The van der Waals surface area contributed by atoms with E-state index >= 15 is 0 Å². The maximum atomic E-state index is 11.7. The van der Waals surface area contributed by atoms with Crippen LogP contribution in [0.4, 0.5) is 0 Å². The molecule has 2 heterocycles. The summed E-state index contributed by atoms with van der Waals surface area (Å²) in [5.41, 5.74) is 1.19. The molecule has 1 aliphatic heterocycles. The summed E-state index contributed by atoms with van der Waals surface area (Å²) in [5.74, 6) is 0.0273. The van der Waals surface area contributed by atoms with Gasteiger partial charge < -0.3 is 10.1 Å². The summed E-state index contributed by atoms with van der Waals surface area (Å²) in [6, 6.07) is 2.15. The number of carbonyl (C=O) groups is 1. The molecule has 1 saturated heterocycles. The molecule has 2 rings (SSSR count). The van der Waals surface area contributed by atoms with Crippen molar-refractivity contribution in [3.05, 3.63) is 21.4 Å². The fourth-order valence-corrected chi connectivity index (χ4v) is 2.20. The maximum Gasteiger partial charge on any atom is 0.261 e. The molecule has 4 heteroatoms. The lowest BCUT2D eigenvalue weighted by Crippen LogP contribution is -2.48. The minimum atomic E-state index is 0.0273. The zero-order valence-corrected chi connectivity index (χ0v) is 9.11. The highest BCUT2D eigenvalue weighted by Gasteiger charge is 2.21. The van der Waals surface area contributed by atoms with Gasteiger partial charge in [0.2, 0.25) is 0 Å². The normalized spacial score (nSPS) is 16.4. The lowest BCUT2D eigenvalue weighted by Gasteiger charge is -2.26. The Morgan fingerprint density at radius 2 is 2.29 bits per heavy atom. The van der Waals surface area contributed by atoms with Crippen LogP contribution < -0.4 is 5.32 Å². The summed E-state index contributed by atoms with van der Waals surface area (Å²) in [4.78, 5) is 13.7. The second-order valence-electron chi connectivity index (χ2n) is 3.56. The van der Waals surface area contributed by atoms with Crippen LogP contribution in [-0.4, -0.2) is 25.2 Å². The van der Waals surface area contributed by atoms with Crippen molar-refractivity contribution in [3.63, 3.8) is 0 Å². The van der Waals surface area contributed by atoms with Gasteiger partial charge in [-0.1, -0.05) is 0 Å². The van der Waals surface area contributed by atoms with Crippen LogP contribution in [-0.2, 0) is 4.74 Å². The fourth-order valence-electron chi connectivity index (χ4n) is 1.26. The van der Waals surface area contributed by atoms with Crippen LogP contribution in [0.25, 0.3) is 0 Å². The van der Waals surface area contributed by atoms with Crippen LogP contribution in [0.15, 0.2) is 6.07 Å². The van der Waals surface area contributed by atoms with Crippen LogP contribution in [0.2, 0.25) is 0 Å². The van der Waals surface area contributed by atoms with Crippen molar-refractivity contribution in [2.75, 3.05) is 13.2 Å². The SMILES string of the molecule is Cc1cc(C(=O)NC2COC2)sc1C. The summed E-state index contributed by atoms with van der Waals surface area (Å²) in [7, 11) is 0. The van der Waals surface area contributed by atoms with E-state index in [4.69, 9.17) is 4.74 Å². The molecule has 0 aliphatic carbocycles. The number of nitrogens with one attached hydrogen (secondary N) is 1. The Hall–Kier alpha value is -0.870. The first-order valence-electron chi connectivity index (χ1n) is 4.62. The molecular weight excluding hydrogens is 198 g/mol. The molecule has 3 nitrogen and oxygen atoms in total. The van der Waals surface area contributed by atoms with Crippen LogP contribution >= 0.6 is 11.3 Å². The van der Waals surface area contributed by atoms with Crippen LogP contribution in [0.1, 0.15) is 20.1 Å². The molecular formula is C10H13NO2S. The predicted molar refractivity (Wildman–Crippen MR) is 55.9 cm³/mol. The second kappa shape index (κ2) is 3.71. The van der Waals surface area contributed by atoms with Gasteiger partial charge in [-0.25, -0.2) is 0 Å². The Kier molecular flexibility index (Phi) is 2.56. The highest BCUT2D eigenvalue weighted by Crippen LogP contribution is 2.20. The molecule has 1 aromatic heterocycles.